The topological polar surface area (TPSA) is 105 Å². The van der Waals surface area contributed by atoms with Crippen molar-refractivity contribution in [2.24, 2.45) is 0 Å². The second kappa shape index (κ2) is 6.51. The van der Waals surface area contributed by atoms with Crippen molar-refractivity contribution in [2.75, 3.05) is 10.8 Å². The minimum Gasteiger partial charge on any atom is -0.506 e. The lowest BCUT2D eigenvalue weighted by Crippen LogP contribution is -2.30. The Labute approximate surface area is 162 Å². The number of hydrogen-bond acceptors (Lipinski definition) is 5. The minimum atomic E-state index is -4.35. The van der Waals surface area contributed by atoms with Crippen LogP contribution in [-0.2, 0) is 15.0 Å². The molecule has 0 saturated carbocycles. The highest BCUT2D eigenvalue weighted by Crippen LogP contribution is 2.38. The molecule has 0 radical (unpaired) electrons. The second-order valence-electron chi connectivity index (χ2n) is 6.10. The summed E-state index contributed by atoms with van der Waals surface area (Å²) < 4.78 is 69.1. The van der Waals surface area contributed by atoms with Crippen molar-refractivity contribution in [3.63, 3.8) is 0 Å². The Bertz CT molecular complexity index is 1260. The Morgan fingerprint density at radius 3 is 2.52 bits per heavy atom. The molecular weight excluding hydrogens is 413 g/mol. The van der Waals surface area contributed by atoms with Gasteiger partial charge in [0.2, 0.25) is 0 Å². The van der Waals surface area contributed by atoms with E-state index in [9.17, 15) is 27.1 Å². The lowest BCUT2D eigenvalue weighted by Gasteiger charge is -2.18. The first-order valence-corrected chi connectivity index (χ1v) is 9.46. The van der Waals surface area contributed by atoms with Gasteiger partial charge in [-0.1, -0.05) is 0 Å². The molecule has 1 aromatic heterocycles. The predicted octanol–water partition coefficient (Wildman–Crippen LogP) is 1.84. The molecule has 2 aromatic carbocycles. The molecule has 8 nitrogen and oxygen atoms in total. The van der Waals surface area contributed by atoms with E-state index in [0.717, 1.165) is 18.2 Å². The van der Waals surface area contributed by atoms with Gasteiger partial charge in [0.1, 0.15) is 18.0 Å². The first-order valence-electron chi connectivity index (χ1n) is 8.02. The van der Waals surface area contributed by atoms with Crippen LogP contribution in [0.25, 0.3) is 16.9 Å². The molecule has 0 atom stereocenters. The zero-order valence-electron chi connectivity index (χ0n) is 14.3. The number of carbonyl (C=O) groups excluding carboxylic acids is 1. The van der Waals surface area contributed by atoms with Crippen molar-refractivity contribution in [1.82, 2.24) is 14.3 Å². The summed E-state index contributed by atoms with van der Waals surface area (Å²) in [6.45, 7) is -0.695. The van der Waals surface area contributed by atoms with Gasteiger partial charge in [0.25, 0.3) is 5.91 Å². The number of imidazole rings is 1. The van der Waals surface area contributed by atoms with Gasteiger partial charge in [-0.05, 0) is 24.3 Å². The number of halogens is 3. The molecule has 150 valence electrons. The fourth-order valence-corrected chi connectivity index (χ4v) is 4.05. The fraction of sp³-hybridized carbons (Fsp3) is 0.0588. The molecule has 0 bridgehead atoms. The van der Waals surface area contributed by atoms with Crippen LogP contribution in [0.1, 0.15) is 0 Å². The van der Waals surface area contributed by atoms with Crippen molar-refractivity contribution in [2.45, 2.75) is 0 Å². The Morgan fingerprint density at radius 2 is 1.86 bits per heavy atom. The van der Waals surface area contributed by atoms with Crippen molar-refractivity contribution in [3.8, 4) is 22.7 Å². The van der Waals surface area contributed by atoms with Gasteiger partial charge in [0.15, 0.2) is 17.5 Å². The Balaban J connectivity index is 1.78. The van der Waals surface area contributed by atoms with Crippen LogP contribution >= 0.6 is 0 Å². The third-order valence-corrected chi connectivity index (χ3v) is 5.60. The van der Waals surface area contributed by atoms with Gasteiger partial charge < -0.3 is 9.67 Å². The molecule has 1 fully saturated rings. The number of anilines is 1. The van der Waals surface area contributed by atoms with Crippen LogP contribution in [0.2, 0.25) is 0 Å². The van der Waals surface area contributed by atoms with Crippen molar-refractivity contribution >= 4 is 21.8 Å². The van der Waals surface area contributed by atoms with E-state index in [1.54, 1.807) is 4.72 Å². The second-order valence-corrected chi connectivity index (χ2v) is 7.69. The molecule has 1 saturated heterocycles. The predicted molar refractivity (Wildman–Crippen MR) is 94.9 cm³/mol. The number of aromatic nitrogens is 2. The highest BCUT2D eigenvalue weighted by molar-refractivity contribution is 7.92. The molecule has 2 heterocycles. The number of hydrogen-bond donors (Lipinski definition) is 2. The van der Waals surface area contributed by atoms with Gasteiger partial charge in [-0.25, -0.2) is 27.2 Å². The largest absolute Gasteiger partial charge is 0.506 e. The maximum absolute atomic E-state index is 15.1. The highest BCUT2D eigenvalue weighted by atomic mass is 32.2. The number of carbonyl (C=O) groups is 1. The standard InChI is InChI=1S/C17H11F3N4O4S/c18-11-3-1-9(5-12(11)19)23-6-13(21-8-23)10-2-4-14(25)17(16(10)20)24-7-15(26)22-29(24,27)28/h1-6,8,25H,7H2,(H,22,26). The van der Waals surface area contributed by atoms with E-state index in [1.165, 1.54) is 29.2 Å². The summed E-state index contributed by atoms with van der Waals surface area (Å²) in [5.74, 6) is -4.80. The van der Waals surface area contributed by atoms with Gasteiger partial charge in [-0.3, -0.25) is 4.79 Å². The van der Waals surface area contributed by atoms with Crippen molar-refractivity contribution in [1.29, 1.82) is 0 Å². The zero-order valence-corrected chi connectivity index (χ0v) is 15.1. The van der Waals surface area contributed by atoms with E-state index < -0.39 is 51.5 Å². The zero-order chi connectivity index (χ0) is 20.9. The third-order valence-electron chi connectivity index (χ3n) is 4.22. The minimum absolute atomic E-state index is 0.0318. The SMILES string of the molecule is O=C1CN(c2c(O)ccc(-c3cn(-c4ccc(F)c(F)c4)cn3)c2F)S(=O)(=O)N1. The Hall–Kier alpha value is -3.54. The summed E-state index contributed by atoms with van der Waals surface area (Å²) in [5, 5.41) is 9.99. The third kappa shape index (κ3) is 3.16. The van der Waals surface area contributed by atoms with Gasteiger partial charge in [0.05, 0.1) is 12.0 Å². The lowest BCUT2D eigenvalue weighted by atomic mass is 10.1. The van der Waals surface area contributed by atoms with Crippen LogP contribution in [-0.4, -0.2) is 35.5 Å². The van der Waals surface area contributed by atoms with Crippen molar-refractivity contribution in [3.05, 3.63) is 60.3 Å². The molecule has 0 unspecified atom stereocenters. The summed E-state index contributed by atoms with van der Waals surface area (Å²) in [4.78, 5) is 15.4. The first-order chi connectivity index (χ1) is 13.7. The lowest BCUT2D eigenvalue weighted by molar-refractivity contribution is -0.117. The number of phenols is 1. The molecule has 1 aliphatic heterocycles. The van der Waals surface area contributed by atoms with E-state index in [4.69, 9.17) is 0 Å². The van der Waals surface area contributed by atoms with Gasteiger partial charge in [0, 0.05) is 23.5 Å². The van der Waals surface area contributed by atoms with Crippen LogP contribution in [0.15, 0.2) is 42.9 Å². The van der Waals surface area contributed by atoms with Crippen LogP contribution in [0.5, 0.6) is 5.75 Å². The van der Waals surface area contributed by atoms with Gasteiger partial charge >= 0.3 is 10.2 Å². The Morgan fingerprint density at radius 1 is 1.10 bits per heavy atom. The Kier molecular flexibility index (Phi) is 4.22. The molecule has 1 aliphatic rings. The maximum Gasteiger partial charge on any atom is 0.326 e. The average molecular weight is 424 g/mol. The summed E-state index contributed by atoms with van der Waals surface area (Å²) >= 11 is 0. The van der Waals surface area contributed by atoms with E-state index in [2.05, 4.69) is 4.98 Å². The number of amides is 1. The molecular formula is C17H11F3N4O4S. The van der Waals surface area contributed by atoms with Crippen LogP contribution < -0.4 is 9.03 Å². The monoisotopic (exact) mass is 424 g/mol. The molecule has 29 heavy (non-hydrogen) atoms. The van der Waals surface area contributed by atoms with Gasteiger partial charge in [-0.15, -0.1) is 0 Å². The normalized spacial score (nSPS) is 15.6. The summed E-state index contributed by atoms with van der Waals surface area (Å²) in [6, 6.07) is 5.36. The van der Waals surface area contributed by atoms with Crippen LogP contribution in [0.3, 0.4) is 0 Å². The smallest absolute Gasteiger partial charge is 0.326 e. The van der Waals surface area contributed by atoms with E-state index >= 15 is 4.39 Å². The summed E-state index contributed by atoms with van der Waals surface area (Å²) in [6.07, 6.45) is 2.54. The van der Waals surface area contributed by atoms with Gasteiger partial charge in [-0.2, -0.15) is 8.42 Å². The molecule has 0 aliphatic carbocycles. The van der Waals surface area contributed by atoms with E-state index in [1.807, 2.05) is 0 Å². The van der Waals surface area contributed by atoms with Crippen LogP contribution in [0.4, 0.5) is 18.9 Å². The molecule has 0 spiro atoms. The average Bonchev–Trinajstić information content (AvgIpc) is 3.22. The highest BCUT2D eigenvalue weighted by Gasteiger charge is 2.38. The summed E-state index contributed by atoms with van der Waals surface area (Å²) in [7, 11) is -4.35. The summed E-state index contributed by atoms with van der Waals surface area (Å²) in [5.41, 5.74) is -0.625. The first kappa shape index (κ1) is 18.8. The number of benzene rings is 2. The quantitative estimate of drug-likeness (QED) is 0.668. The number of rotatable bonds is 3. The molecule has 2 N–H and O–H groups in total. The van der Waals surface area contributed by atoms with E-state index in [0.29, 0.717) is 4.31 Å². The number of phenolic OH excluding ortho intramolecular Hbond substituents is 1. The molecule has 3 aromatic rings. The number of nitrogens with one attached hydrogen (secondary N) is 1. The van der Waals surface area contributed by atoms with Crippen LogP contribution in [0, 0.1) is 17.5 Å². The molecule has 1 amide bonds. The molecule has 4 rings (SSSR count). The number of nitrogens with zero attached hydrogens (tertiary/aromatic N) is 3. The number of aromatic hydroxyl groups is 1. The molecule has 12 heteroatoms. The van der Waals surface area contributed by atoms with E-state index in [-0.39, 0.29) is 16.9 Å². The fourth-order valence-electron chi connectivity index (χ4n) is 2.88. The van der Waals surface area contributed by atoms with Crippen molar-refractivity contribution < 1.29 is 31.5 Å². The maximum atomic E-state index is 15.1.